The van der Waals surface area contributed by atoms with Gasteiger partial charge in [0.25, 0.3) is 0 Å². The summed E-state index contributed by atoms with van der Waals surface area (Å²) >= 11 is 6.56. The van der Waals surface area contributed by atoms with Gasteiger partial charge in [0.1, 0.15) is 0 Å². The molecular formula is C22H23ClF3NO2S. The molecule has 1 heterocycles. The minimum absolute atomic E-state index is 0.0380. The monoisotopic (exact) mass is 457 g/mol. The van der Waals surface area contributed by atoms with Crippen LogP contribution in [0.1, 0.15) is 25.0 Å². The van der Waals surface area contributed by atoms with Crippen molar-refractivity contribution in [3.8, 4) is 0 Å². The van der Waals surface area contributed by atoms with Crippen molar-refractivity contribution in [1.82, 2.24) is 4.31 Å². The second-order valence-electron chi connectivity index (χ2n) is 8.09. The van der Waals surface area contributed by atoms with Crippen molar-refractivity contribution in [1.29, 1.82) is 0 Å². The summed E-state index contributed by atoms with van der Waals surface area (Å²) in [6, 6.07) is 14.7. The van der Waals surface area contributed by atoms with Gasteiger partial charge >= 0.3 is 6.18 Å². The fourth-order valence-electron chi connectivity index (χ4n) is 3.75. The van der Waals surface area contributed by atoms with Crippen LogP contribution in [0.4, 0.5) is 13.2 Å². The van der Waals surface area contributed by atoms with Gasteiger partial charge in [-0.25, -0.2) is 8.42 Å². The Bertz CT molecular complexity index is 1050. The van der Waals surface area contributed by atoms with Crippen molar-refractivity contribution in [2.24, 2.45) is 11.3 Å². The molecule has 1 aliphatic rings. The molecule has 1 saturated heterocycles. The van der Waals surface area contributed by atoms with Gasteiger partial charge in [0.15, 0.2) is 0 Å². The standard InChI is InChI=1S/C22H23ClF3NO2S/c1-15-9-11-17(12-10-15)30(28,29)27-13-18(20(23)16-7-5-4-6-8-16)21(2,3)19(14-27)22(24,25)26/h4-12,19H,13-14H2,1-3H3/b20-18+/t19-/m0/s1. The second kappa shape index (κ2) is 8.02. The Morgan fingerprint density at radius 2 is 1.63 bits per heavy atom. The molecule has 8 heteroatoms. The minimum Gasteiger partial charge on any atom is -0.207 e. The quantitative estimate of drug-likeness (QED) is 0.579. The summed E-state index contributed by atoms with van der Waals surface area (Å²) in [7, 11) is -4.13. The summed E-state index contributed by atoms with van der Waals surface area (Å²) in [4.78, 5) is -0.0380. The van der Waals surface area contributed by atoms with Gasteiger partial charge < -0.3 is 0 Å². The van der Waals surface area contributed by atoms with E-state index >= 15 is 0 Å². The minimum atomic E-state index is -4.59. The highest BCUT2D eigenvalue weighted by Gasteiger charge is 2.55. The van der Waals surface area contributed by atoms with E-state index in [0.717, 1.165) is 9.87 Å². The van der Waals surface area contributed by atoms with Gasteiger partial charge in [-0.2, -0.15) is 17.5 Å². The summed E-state index contributed by atoms with van der Waals surface area (Å²) in [5.41, 5.74) is 0.289. The van der Waals surface area contributed by atoms with Gasteiger partial charge in [-0.05, 0) is 30.2 Å². The van der Waals surface area contributed by atoms with Crippen molar-refractivity contribution >= 4 is 26.7 Å². The van der Waals surface area contributed by atoms with Crippen molar-refractivity contribution in [3.05, 3.63) is 71.3 Å². The van der Waals surface area contributed by atoms with Gasteiger partial charge in [-0.15, -0.1) is 0 Å². The first-order valence-electron chi connectivity index (χ1n) is 9.43. The normalized spacial score (nSPS) is 22.0. The molecule has 1 fully saturated rings. The Labute approximate surface area is 180 Å². The van der Waals surface area contributed by atoms with Crippen molar-refractivity contribution in [2.75, 3.05) is 13.1 Å². The lowest BCUT2D eigenvalue weighted by Crippen LogP contribution is -2.53. The predicted octanol–water partition coefficient (Wildman–Crippen LogP) is 5.85. The molecule has 0 bridgehead atoms. The molecule has 0 aromatic heterocycles. The molecule has 0 aliphatic carbocycles. The van der Waals surface area contributed by atoms with E-state index in [2.05, 4.69) is 0 Å². The zero-order valence-corrected chi connectivity index (χ0v) is 18.4. The lowest BCUT2D eigenvalue weighted by molar-refractivity contribution is -0.203. The van der Waals surface area contributed by atoms with Crippen LogP contribution < -0.4 is 0 Å². The molecule has 0 spiro atoms. The molecule has 0 saturated carbocycles. The van der Waals surface area contributed by atoms with Gasteiger partial charge in [0.2, 0.25) is 10.0 Å². The number of aryl methyl sites for hydroxylation is 1. The summed E-state index contributed by atoms with van der Waals surface area (Å²) in [5, 5.41) is 0.152. The Morgan fingerprint density at radius 3 is 2.17 bits per heavy atom. The molecule has 0 amide bonds. The first-order valence-corrected chi connectivity index (χ1v) is 11.2. The van der Waals surface area contributed by atoms with E-state index in [0.29, 0.717) is 5.56 Å². The number of rotatable bonds is 3. The third kappa shape index (κ3) is 4.29. The van der Waals surface area contributed by atoms with Gasteiger partial charge in [0, 0.05) is 23.5 Å². The fraction of sp³-hybridized carbons (Fsp3) is 0.364. The largest absolute Gasteiger partial charge is 0.393 e. The van der Waals surface area contributed by atoms with Crippen LogP contribution in [-0.4, -0.2) is 32.0 Å². The van der Waals surface area contributed by atoms with Crippen molar-refractivity contribution in [2.45, 2.75) is 31.8 Å². The van der Waals surface area contributed by atoms with Gasteiger partial charge in [-0.3, -0.25) is 0 Å². The molecule has 3 nitrogen and oxygen atoms in total. The maximum Gasteiger partial charge on any atom is 0.393 e. The summed E-state index contributed by atoms with van der Waals surface area (Å²) in [5.74, 6) is -1.90. The molecule has 30 heavy (non-hydrogen) atoms. The highest BCUT2D eigenvalue weighted by atomic mass is 35.5. The van der Waals surface area contributed by atoms with Crippen LogP contribution in [0.5, 0.6) is 0 Å². The lowest BCUT2D eigenvalue weighted by atomic mass is 9.69. The number of nitrogens with zero attached hydrogens (tertiary/aromatic N) is 1. The van der Waals surface area contributed by atoms with Crippen LogP contribution in [0.2, 0.25) is 0 Å². The van der Waals surface area contributed by atoms with E-state index in [1.165, 1.54) is 26.0 Å². The molecule has 2 aromatic rings. The molecule has 0 unspecified atom stereocenters. The van der Waals surface area contributed by atoms with E-state index in [-0.39, 0.29) is 22.0 Å². The van der Waals surface area contributed by atoms with E-state index in [1.54, 1.807) is 49.4 Å². The van der Waals surface area contributed by atoms with Crippen molar-refractivity contribution < 1.29 is 21.6 Å². The Kier molecular flexibility index (Phi) is 6.11. The van der Waals surface area contributed by atoms with E-state index in [1.807, 2.05) is 0 Å². The topological polar surface area (TPSA) is 37.4 Å². The first-order chi connectivity index (χ1) is 13.8. The highest BCUT2D eigenvalue weighted by molar-refractivity contribution is 7.89. The van der Waals surface area contributed by atoms with Crippen LogP contribution >= 0.6 is 11.6 Å². The predicted molar refractivity (Wildman–Crippen MR) is 112 cm³/mol. The molecular weight excluding hydrogens is 435 g/mol. The Balaban J connectivity index is 2.14. The summed E-state index contributed by atoms with van der Waals surface area (Å²) < 4.78 is 69.3. The zero-order valence-electron chi connectivity index (χ0n) is 16.9. The van der Waals surface area contributed by atoms with E-state index in [4.69, 9.17) is 11.6 Å². The maximum absolute atomic E-state index is 14.0. The number of sulfonamides is 1. The number of hydrogen-bond donors (Lipinski definition) is 0. The fourth-order valence-corrected chi connectivity index (χ4v) is 5.60. The third-order valence-corrected chi connectivity index (χ3v) is 7.99. The average Bonchev–Trinajstić information content (AvgIpc) is 2.67. The van der Waals surface area contributed by atoms with Crippen LogP contribution in [0.3, 0.4) is 0 Å². The number of halogens is 4. The number of hydrogen-bond acceptors (Lipinski definition) is 2. The molecule has 1 atom stereocenters. The van der Waals surface area contributed by atoms with Gasteiger partial charge in [-0.1, -0.05) is 73.5 Å². The Morgan fingerprint density at radius 1 is 1.07 bits per heavy atom. The average molecular weight is 458 g/mol. The van der Waals surface area contributed by atoms with E-state index < -0.39 is 34.1 Å². The summed E-state index contributed by atoms with van der Waals surface area (Å²) in [6.45, 7) is 3.89. The molecule has 162 valence electrons. The third-order valence-electron chi connectivity index (χ3n) is 5.72. The smallest absolute Gasteiger partial charge is 0.207 e. The van der Waals surface area contributed by atoms with E-state index in [9.17, 15) is 21.6 Å². The Hall–Kier alpha value is -1.83. The van der Waals surface area contributed by atoms with Crippen LogP contribution in [0.15, 0.2) is 65.1 Å². The highest BCUT2D eigenvalue weighted by Crippen LogP contribution is 2.51. The molecule has 2 aromatic carbocycles. The van der Waals surface area contributed by atoms with Crippen LogP contribution in [-0.2, 0) is 10.0 Å². The molecule has 0 N–H and O–H groups in total. The second-order valence-corrected chi connectivity index (χ2v) is 10.4. The zero-order chi connectivity index (χ0) is 22.3. The maximum atomic E-state index is 14.0. The summed E-state index contributed by atoms with van der Waals surface area (Å²) in [6.07, 6.45) is -4.59. The molecule has 3 rings (SSSR count). The molecule has 0 radical (unpaired) electrons. The molecule has 1 aliphatic heterocycles. The SMILES string of the molecule is Cc1ccc(S(=O)(=O)N2C/C(=C(\Cl)c3ccccc3)C(C)(C)[C@@H](C(F)(F)F)C2)cc1. The first kappa shape index (κ1) is 22.8. The van der Waals surface area contributed by atoms with Gasteiger partial charge in [0.05, 0.1) is 10.8 Å². The van der Waals surface area contributed by atoms with Crippen LogP contribution in [0, 0.1) is 18.3 Å². The van der Waals surface area contributed by atoms with Crippen molar-refractivity contribution in [3.63, 3.8) is 0 Å². The lowest BCUT2D eigenvalue weighted by Gasteiger charge is -2.46. The number of benzene rings is 2. The van der Waals surface area contributed by atoms with Crippen LogP contribution in [0.25, 0.3) is 5.03 Å². The number of alkyl halides is 3. The number of piperidine rings is 1.